The van der Waals surface area contributed by atoms with Crippen molar-refractivity contribution in [1.29, 1.82) is 0 Å². The molecule has 1 aliphatic heterocycles. The van der Waals surface area contributed by atoms with E-state index in [0.717, 1.165) is 12.0 Å². The van der Waals surface area contributed by atoms with E-state index in [1.165, 1.54) is 37.1 Å². The number of pyridine rings is 1. The van der Waals surface area contributed by atoms with Crippen LogP contribution in [0, 0.1) is 5.92 Å². The maximum absolute atomic E-state index is 12.3. The molecule has 0 bridgehead atoms. The average molecular weight is 351 g/mol. The Balaban J connectivity index is 1.86. The number of piperidine rings is 1. The first-order valence-electron chi connectivity index (χ1n) is 9.43. The van der Waals surface area contributed by atoms with Crippen molar-refractivity contribution in [3.8, 4) is 0 Å². The van der Waals surface area contributed by atoms with Crippen LogP contribution >= 0.6 is 0 Å². The number of anilines is 1. The number of likely N-dealkylation sites (tertiary alicyclic amines) is 1. The minimum atomic E-state index is -0.0147. The molecular weight excluding hydrogens is 322 g/mol. The van der Waals surface area contributed by atoms with Gasteiger partial charge in [-0.15, -0.1) is 0 Å². The van der Waals surface area contributed by atoms with E-state index in [0.29, 0.717) is 11.6 Å². The summed E-state index contributed by atoms with van der Waals surface area (Å²) >= 11 is 0. The minimum absolute atomic E-state index is 0.0147. The van der Waals surface area contributed by atoms with Gasteiger partial charge in [0.05, 0.1) is 0 Å². The number of rotatable bonds is 4. The molecule has 0 aromatic carbocycles. The van der Waals surface area contributed by atoms with Gasteiger partial charge in [-0.25, -0.2) is 0 Å². The van der Waals surface area contributed by atoms with Gasteiger partial charge in [-0.1, -0.05) is 30.4 Å². The maximum Gasteiger partial charge on any atom is 0.273 e. The highest BCUT2D eigenvalue weighted by Crippen LogP contribution is 2.29. The van der Waals surface area contributed by atoms with Crippen LogP contribution in [0.4, 0.5) is 5.69 Å². The Morgan fingerprint density at radius 2 is 1.96 bits per heavy atom. The van der Waals surface area contributed by atoms with E-state index in [1.807, 2.05) is 25.3 Å². The lowest BCUT2D eigenvalue weighted by atomic mass is 9.89. The Kier molecular flexibility index (Phi) is 5.94. The lowest BCUT2D eigenvalue weighted by Gasteiger charge is -2.29. The number of allylic oxidation sites excluding steroid dienone is 7. The zero-order valence-electron chi connectivity index (χ0n) is 16.0. The standard InChI is InChI=1S/C22H29N3O/c1-4-12-23-21-15-20(16-25(3)22(21)26)18-7-5-6-17(8-9-18)19-10-13-24(2)14-11-19/h4-6,8-9,12,15-16,19,23H,7,10-11,13-14H2,1-3H3/b12-4-. The van der Waals surface area contributed by atoms with Gasteiger partial charge >= 0.3 is 0 Å². The molecule has 4 heteroatoms. The molecule has 1 aromatic rings. The van der Waals surface area contributed by atoms with Crippen molar-refractivity contribution >= 4 is 11.3 Å². The molecule has 0 unspecified atom stereocenters. The van der Waals surface area contributed by atoms with Crippen LogP contribution in [0.15, 0.2) is 59.2 Å². The molecule has 4 nitrogen and oxygen atoms in total. The van der Waals surface area contributed by atoms with Crippen molar-refractivity contribution in [1.82, 2.24) is 9.47 Å². The minimum Gasteiger partial charge on any atom is -0.358 e. The Morgan fingerprint density at radius 3 is 2.69 bits per heavy atom. The second-order valence-electron chi connectivity index (χ2n) is 7.25. The molecule has 1 N–H and O–H groups in total. The highest BCUT2D eigenvalue weighted by molar-refractivity contribution is 5.71. The van der Waals surface area contributed by atoms with Gasteiger partial charge in [0, 0.05) is 13.2 Å². The van der Waals surface area contributed by atoms with Gasteiger partial charge in [-0.2, -0.15) is 0 Å². The summed E-state index contributed by atoms with van der Waals surface area (Å²) in [5.41, 5.74) is 4.36. The van der Waals surface area contributed by atoms with Crippen LogP contribution in [0.2, 0.25) is 0 Å². The summed E-state index contributed by atoms with van der Waals surface area (Å²) in [6.45, 7) is 4.27. The predicted molar refractivity (Wildman–Crippen MR) is 110 cm³/mol. The van der Waals surface area contributed by atoms with E-state index in [2.05, 4.69) is 41.6 Å². The van der Waals surface area contributed by atoms with Gasteiger partial charge in [0.25, 0.3) is 5.56 Å². The molecule has 2 heterocycles. The molecule has 3 rings (SSSR count). The third kappa shape index (κ3) is 4.25. The van der Waals surface area contributed by atoms with E-state index in [4.69, 9.17) is 0 Å². The van der Waals surface area contributed by atoms with E-state index in [9.17, 15) is 4.79 Å². The van der Waals surface area contributed by atoms with E-state index < -0.39 is 0 Å². The fraction of sp³-hybridized carbons (Fsp3) is 0.409. The zero-order chi connectivity index (χ0) is 18.5. The number of hydrogen-bond acceptors (Lipinski definition) is 3. The first-order chi connectivity index (χ1) is 12.6. The Hall–Kier alpha value is -2.33. The van der Waals surface area contributed by atoms with Crippen molar-refractivity contribution in [2.45, 2.75) is 26.2 Å². The Morgan fingerprint density at radius 1 is 1.19 bits per heavy atom. The highest BCUT2D eigenvalue weighted by atomic mass is 16.1. The van der Waals surface area contributed by atoms with E-state index in [1.54, 1.807) is 17.8 Å². The van der Waals surface area contributed by atoms with Crippen LogP contribution in [0.1, 0.15) is 31.7 Å². The summed E-state index contributed by atoms with van der Waals surface area (Å²) in [7, 11) is 4.00. The van der Waals surface area contributed by atoms with Crippen LogP contribution < -0.4 is 10.9 Å². The number of aryl methyl sites for hydroxylation is 1. The molecule has 0 saturated carbocycles. The van der Waals surface area contributed by atoms with Crippen molar-refractivity contribution in [3.63, 3.8) is 0 Å². The van der Waals surface area contributed by atoms with Gasteiger partial charge in [0.1, 0.15) is 5.69 Å². The fourth-order valence-corrected chi connectivity index (χ4v) is 3.63. The lowest BCUT2D eigenvalue weighted by Crippen LogP contribution is -2.30. The normalized spacial score (nSPS) is 19.3. The van der Waals surface area contributed by atoms with Gasteiger partial charge in [-0.3, -0.25) is 4.79 Å². The SMILES string of the molecule is C/C=C\Nc1cc(C2=CC=C(C3CCN(C)CC3)C=CC2)cn(C)c1=O. The largest absolute Gasteiger partial charge is 0.358 e. The summed E-state index contributed by atoms with van der Waals surface area (Å²) in [5, 5.41) is 3.08. The molecule has 138 valence electrons. The lowest BCUT2D eigenvalue weighted by molar-refractivity contribution is 0.240. The van der Waals surface area contributed by atoms with Crippen LogP contribution in [-0.2, 0) is 7.05 Å². The summed E-state index contributed by atoms with van der Waals surface area (Å²) in [5.74, 6) is 0.657. The van der Waals surface area contributed by atoms with Crippen molar-refractivity contribution < 1.29 is 0 Å². The zero-order valence-corrected chi connectivity index (χ0v) is 16.0. The average Bonchev–Trinajstić information content (AvgIpc) is 2.90. The molecule has 1 aliphatic carbocycles. The number of nitrogens with one attached hydrogen (secondary N) is 1. The first-order valence-corrected chi connectivity index (χ1v) is 9.43. The van der Waals surface area contributed by atoms with Gasteiger partial charge in [0.15, 0.2) is 0 Å². The first kappa shape index (κ1) is 18.5. The molecular formula is C22H29N3O. The van der Waals surface area contributed by atoms with Gasteiger partial charge in [-0.05, 0) is 81.2 Å². The number of aromatic nitrogens is 1. The quantitative estimate of drug-likeness (QED) is 0.893. The van der Waals surface area contributed by atoms with Crippen molar-refractivity contribution in [2.75, 3.05) is 25.5 Å². The molecule has 26 heavy (non-hydrogen) atoms. The molecule has 0 amide bonds. The Bertz CT molecular complexity index is 818. The fourth-order valence-electron chi connectivity index (χ4n) is 3.63. The molecule has 2 aliphatic rings. The second kappa shape index (κ2) is 8.37. The topological polar surface area (TPSA) is 37.3 Å². The van der Waals surface area contributed by atoms with Crippen molar-refractivity contribution in [3.05, 3.63) is 70.3 Å². The second-order valence-corrected chi connectivity index (χ2v) is 7.25. The summed E-state index contributed by atoms with van der Waals surface area (Å²) in [4.78, 5) is 14.7. The molecule has 0 radical (unpaired) electrons. The van der Waals surface area contributed by atoms with Crippen LogP contribution in [-0.4, -0.2) is 29.6 Å². The Labute approximate surface area is 156 Å². The molecule has 1 saturated heterocycles. The van der Waals surface area contributed by atoms with E-state index >= 15 is 0 Å². The van der Waals surface area contributed by atoms with Crippen LogP contribution in [0.25, 0.3) is 5.57 Å². The van der Waals surface area contributed by atoms with Crippen LogP contribution in [0.3, 0.4) is 0 Å². The predicted octanol–water partition coefficient (Wildman–Crippen LogP) is 3.94. The molecule has 1 fully saturated rings. The van der Waals surface area contributed by atoms with Gasteiger partial charge < -0.3 is 14.8 Å². The van der Waals surface area contributed by atoms with Gasteiger partial charge in [0.2, 0.25) is 0 Å². The highest BCUT2D eigenvalue weighted by Gasteiger charge is 2.19. The molecule has 0 atom stereocenters. The van der Waals surface area contributed by atoms with Crippen LogP contribution in [0.5, 0.6) is 0 Å². The van der Waals surface area contributed by atoms with E-state index in [-0.39, 0.29) is 5.56 Å². The number of hydrogen-bond donors (Lipinski definition) is 1. The van der Waals surface area contributed by atoms with Crippen molar-refractivity contribution in [2.24, 2.45) is 13.0 Å². The monoisotopic (exact) mass is 351 g/mol. The summed E-state index contributed by atoms with van der Waals surface area (Å²) < 4.78 is 1.65. The summed E-state index contributed by atoms with van der Waals surface area (Å²) in [6.07, 6.45) is 18.0. The molecule has 0 spiro atoms. The third-order valence-electron chi connectivity index (χ3n) is 5.27. The maximum atomic E-state index is 12.3. The number of nitrogens with zero attached hydrogens (tertiary/aromatic N) is 2. The summed E-state index contributed by atoms with van der Waals surface area (Å²) in [6, 6.07) is 1.95. The smallest absolute Gasteiger partial charge is 0.273 e. The third-order valence-corrected chi connectivity index (χ3v) is 5.27. The molecule has 1 aromatic heterocycles.